The molecule has 0 radical (unpaired) electrons. The number of carbonyl (C=O) groups excluding carboxylic acids is 2. The Hall–Kier alpha value is -1.70. The zero-order valence-corrected chi connectivity index (χ0v) is 17.4. The van der Waals surface area contributed by atoms with Crippen LogP contribution >= 0.6 is 11.3 Å². The van der Waals surface area contributed by atoms with E-state index in [-0.39, 0.29) is 23.0 Å². The van der Waals surface area contributed by atoms with Crippen LogP contribution in [0.5, 0.6) is 0 Å². The highest BCUT2D eigenvalue weighted by Crippen LogP contribution is 2.48. The Balaban J connectivity index is 2.60. The molecule has 0 saturated carbocycles. The van der Waals surface area contributed by atoms with Crippen LogP contribution in [-0.4, -0.2) is 64.0 Å². The quantitative estimate of drug-likeness (QED) is 0.374. The van der Waals surface area contributed by atoms with Crippen molar-refractivity contribution in [2.75, 3.05) is 31.4 Å². The van der Waals surface area contributed by atoms with Gasteiger partial charge in [0, 0.05) is 12.1 Å². The zero-order chi connectivity index (χ0) is 22.2. The first-order valence-electron chi connectivity index (χ1n) is 8.36. The molecule has 2 heterocycles. The molecule has 0 bridgehead atoms. The number of methoxy groups -OCH3 is 1. The Morgan fingerprint density at radius 3 is 2.48 bits per heavy atom. The predicted octanol–water partition coefficient (Wildman–Crippen LogP) is 1.82. The summed E-state index contributed by atoms with van der Waals surface area (Å²) in [6, 6.07) is 0.191. The minimum Gasteiger partial charge on any atom is -0.466 e. The third-order valence-electron chi connectivity index (χ3n) is 4.45. The van der Waals surface area contributed by atoms with Gasteiger partial charge in [-0.05, 0) is 25.8 Å². The normalized spacial score (nSPS) is 19.8. The number of rotatable bonds is 7. The molecule has 8 nitrogen and oxygen atoms in total. The molecule has 0 amide bonds. The smallest absolute Gasteiger partial charge is 0.432 e. The van der Waals surface area contributed by atoms with Crippen LogP contribution in [-0.2, 0) is 29.4 Å². The Kier molecular flexibility index (Phi) is 6.67. The summed E-state index contributed by atoms with van der Waals surface area (Å²) in [4.78, 5) is 25.1. The molecule has 1 aromatic rings. The number of ketones is 1. The molecular formula is C16H20F3NO7S2. The van der Waals surface area contributed by atoms with Crippen LogP contribution in [0.25, 0.3) is 0 Å². The van der Waals surface area contributed by atoms with E-state index in [1.165, 1.54) is 4.90 Å². The van der Waals surface area contributed by atoms with Gasteiger partial charge in [0.15, 0.2) is 5.78 Å². The topological polar surface area (TPSA) is 110 Å². The average Bonchev–Trinajstić information content (AvgIpc) is 3.23. The highest BCUT2D eigenvalue weighted by Gasteiger charge is 2.64. The Morgan fingerprint density at radius 2 is 2.00 bits per heavy atom. The van der Waals surface area contributed by atoms with Gasteiger partial charge >= 0.3 is 12.1 Å². The van der Waals surface area contributed by atoms with Gasteiger partial charge in [-0.2, -0.15) is 21.6 Å². The van der Waals surface area contributed by atoms with Gasteiger partial charge < -0.3 is 14.7 Å². The first-order valence-corrected chi connectivity index (χ1v) is 11.0. The minimum atomic E-state index is -5.43. The molecule has 1 saturated heterocycles. The number of anilines is 1. The van der Waals surface area contributed by atoms with E-state index in [0.717, 1.165) is 19.2 Å². The maximum absolute atomic E-state index is 13.8. The maximum Gasteiger partial charge on any atom is 0.432 e. The molecule has 1 unspecified atom stereocenters. The molecule has 2 rings (SSSR count). The monoisotopic (exact) mass is 459 g/mol. The number of aliphatic hydroxyl groups is 1. The van der Waals surface area contributed by atoms with Crippen LogP contribution in [0, 0.1) is 0 Å². The van der Waals surface area contributed by atoms with Gasteiger partial charge in [0.25, 0.3) is 15.7 Å². The lowest BCUT2D eigenvalue weighted by Gasteiger charge is -2.32. The van der Waals surface area contributed by atoms with Crippen molar-refractivity contribution in [3.63, 3.8) is 0 Å². The highest BCUT2D eigenvalue weighted by molar-refractivity contribution is 7.85. The van der Waals surface area contributed by atoms with E-state index in [0.29, 0.717) is 31.3 Å². The Morgan fingerprint density at radius 1 is 1.38 bits per heavy atom. The number of nitrogens with zero attached hydrogens (tertiary/aromatic N) is 1. The van der Waals surface area contributed by atoms with Crippen molar-refractivity contribution in [3.8, 4) is 0 Å². The molecule has 29 heavy (non-hydrogen) atoms. The highest BCUT2D eigenvalue weighted by atomic mass is 32.2. The lowest BCUT2D eigenvalue weighted by atomic mass is 9.94. The zero-order valence-electron chi connectivity index (χ0n) is 15.8. The number of hydrogen-bond donors (Lipinski definition) is 1. The first kappa shape index (κ1) is 23.6. The van der Waals surface area contributed by atoms with Gasteiger partial charge in [-0.15, -0.1) is 11.3 Å². The number of carbonyl (C=O) groups is 2. The number of ether oxygens (including phenoxy) is 1. The van der Waals surface area contributed by atoms with Crippen molar-refractivity contribution in [3.05, 3.63) is 16.5 Å². The van der Waals surface area contributed by atoms with E-state index >= 15 is 0 Å². The first-order chi connectivity index (χ1) is 13.2. The number of Topliss-reactive ketones (excluding diaryl/α,β-unsaturated/α-hetero) is 1. The van der Waals surface area contributed by atoms with Crippen molar-refractivity contribution in [1.29, 1.82) is 0 Å². The number of hydrogen-bond acceptors (Lipinski definition) is 9. The van der Waals surface area contributed by atoms with Gasteiger partial charge in [0.05, 0.1) is 35.9 Å². The van der Waals surface area contributed by atoms with Crippen molar-refractivity contribution >= 4 is 38.2 Å². The predicted molar refractivity (Wildman–Crippen MR) is 97.5 cm³/mol. The van der Waals surface area contributed by atoms with E-state index in [2.05, 4.69) is 4.74 Å². The summed E-state index contributed by atoms with van der Waals surface area (Å²) in [5, 5.41) is 10.2. The molecule has 2 atom stereocenters. The molecule has 1 aliphatic heterocycles. The SMILES string of the molecule is COC(=O)C(O)(c1cc(C(C)=O)sc1N1CCC[C@H]1COS(C)(=O)=O)C(F)(F)F. The molecule has 0 spiro atoms. The number of halogens is 3. The maximum atomic E-state index is 13.8. The second-order valence-electron chi connectivity index (χ2n) is 6.56. The van der Waals surface area contributed by atoms with Crippen molar-refractivity contribution in [2.45, 2.75) is 37.6 Å². The lowest BCUT2D eigenvalue weighted by molar-refractivity contribution is -0.266. The fraction of sp³-hybridized carbons (Fsp3) is 0.625. The molecule has 0 aromatic carbocycles. The summed E-state index contributed by atoms with van der Waals surface area (Å²) in [6.07, 6.45) is -3.67. The molecule has 1 N–H and O–H groups in total. The summed E-state index contributed by atoms with van der Waals surface area (Å²) < 4.78 is 72.8. The second-order valence-corrected chi connectivity index (χ2v) is 9.24. The van der Waals surface area contributed by atoms with Gasteiger partial charge in [-0.1, -0.05) is 0 Å². The lowest BCUT2D eigenvalue weighted by Crippen LogP contribution is -2.50. The third-order valence-corrected chi connectivity index (χ3v) is 6.29. The third kappa shape index (κ3) is 4.73. The Bertz CT molecular complexity index is 897. The fourth-order valence-corrected chi connectivity index (χ4v) is 4.64. The minimum absolute atomic E-state index is 0.101. The molecule has 1 aliphatic rings. The van der Waals surface area contributed by atoms with Crippen LogP contribution in [0.2, 0.25) is 0 Å². The summed E-state index contributed by atoms with van der Waals surface area (Å²) in [5.41, 5.74) is -4.83. The molecule has 0 aliphatic carbocycles. The van der Waals surface area contributed by atoms with Gasteiger partial charge in [0.1, 0.15) is 0 Å². The van der Waals surface area contributed by atoms with Crippen LogP contribution in [0.1, 0.15) is 35.0 Å². The van der Waals surface area contributed by atoms with Crippen LogP contribution < -0.4 is 4.90 Å². The van der Waals surface area contributed by atoms with Crippen LogP contribution in [0.3, 0.4) is 0 Å². The summed E-state index contributed by atoms with van der Waals surface area (Å²) in [5.74, 6) is -2.50. The number of thiophene rings is 1. The molecule has 1 aromatic heterocycles. The van der Waals surface area contributed by atoms with Gasteiger partial charge in [-0.25, -0.2) is 4.79 Å². The van der Waals surface area contributed by atoms with E-state index in [9.17, 15) is 36.3 Å². The number of alkyl halides is 3. The van der Waals surface area contributed by atoms with Crippen LogP contribution in [0.15, 0.2) is 6.07 Å². The Labute approximate surface area is 169 Å². The van der Waals surface area contributed by atoms with E-state index in [1.807, 2.05) is 0 Å². The molecule has 1 fully saturated rings. The van der Waals surface area contributed by atoms with Gasteiger partial charge in [-0.3, -0.25) is 8.98 Å². The van der Waals surface area contributed by atoms with Gasteiger partial charge in [0.2, 0.25) is 0 Å². The van der Waals surface area contributed by atoms with E-state index in [1.54, 1.807) is 0 Å². The van der Waals surface area contributed by atoms with Crippen molar-refractivity contribution in [1.82, 2.24) is 0 Å². The summed E-state index contributed by atoms with van der Waals surface area (Å²) >= 11 is 0.676. The summed E-state index contributed by atoms with van der Waals surface area (Å²) in [6.45, 7) is 1.03. The average molecular weight is 459 g/mol. The van der Waals surface area contributed by atoms with E-state index < -0.39 is 45.3 Å². The molecule has 13 heteroatoms. The van der Waals surface area contributed by atoms with Crippen LogP contribution in [0.4, 0.5) is 18.2 Å². The molecular weight excluding hydrogens is 439 g/mol. The second kappa shape index (κ2) is 8.20. The van der Waals surface area contributed by atoms with Crippen molar-refractivity contribution < 1.29 is 45.2 Å². The van der Waals surface area contributed by atoms with E-state index in [4.69, 9.17) is 4.18 Å². The number of esters is 1. The largest absolute Gasteiger partial charge is 0.466 e. The standard InChI is InChI=1S/C16H20F3NO7S2/c1-9(21)12-7-11(15(23,14(22)26-2)16(17,18)19)13(28-12)20-6-4-5-10(20)8-27-29(3,24)25/h7,10,23H,4-6,8H2,1-3H3/t10-,15?/m0/s1. The fourth-order valence-electron chi connectivity index (χ4n) is 3.03. The summed E-state index contributed by atoms with van der Waals surface area (Å²) in [7, 11) is -3.08. The van der Waals surface area contributed by atoms with Crippen molar-refractivity contribution in [2.24, 2.45) is 0 Å². The molecule has 164 valence electrons.